The normalized spacial score (nSPS) is 18.1. The molecule has 1 N–H and O–H groups in total. The van der Waals surface area contributed by atoms with Gasteiger partial charge in [-0.05, 0) is 30.5 Å². The van der Waals surface area contributed by atoms with Crippen molar-refractivity contribution in [3.63, 3.8) is 0 Å². The van der Waals surface area contributed by atoms with Crippen LogP contribution < -0.4 is 10.1 Å². The van der Waals surface area contributed by atoms with E-state index in [2.05, 4.69) is 10.3 Å². The zero-order chi connectivity index (χ0) is 14.4. The highest BCUT2D eigenvalue weighted by Gasteiger charge is 2.38. The summed E-state index contributed by atoms with van der Waals surface area (Å²) < 4.78 is 16.9. The van der Waals surface area contributed by atoms with Gasteiger partial charge in [0, 0.05) is 12.6 Å². The molecule has 2 rings (SSSR count). The van der Waals surface area contributed by atoms with Crippen LogP contribution in [-0.2, 0) is 15.3 Å². The van der Waals surface area contributed by atoms with Crippen molar-refractivity contribution in [3.8, 4) is 5.75 Å². The van der Waals surface area contributed by atoms with Gasteiger partial charge in [0.2, 0.25) is 5.79 Å². The van der Waals surface area contributed by atoms with Gasteiger partial charge < -0.3 is 19.5 Å². The van der Waals surface area contributed by atoms with Crippen LogP contribution in [0.25, 0.3) is 0 Å². The molecule has 1 aliphatic heterocycles. The van der Waals surface area contributed by atoms with E-state index in [1.807, 2.05) is 30.5 Å². The van der Waals surface area contributed by atoms with E-state index in [-0.39, 0.29) is 0 Å². The third-order valence-electron chi connectivity index (χ3n) is 3.15. The maximum Gasteiger partial charge on any atom is 0.213 e. The number of ether oxygens (including phenoxy) is 3. The van der Waals surface area contributed by atoms with Crippen molar-refractivity contribution >= 4 is 16.9 Å². The zero-order valence-corrected chi connectivity index (χ0v) is 12.8. The molecule has 20 heavy (non-hydrogen) atoms. The van der Waals surface area contributed by atoms with Crippen LogP contribution in [0.15, 0.2) is 29.3 Å². The smallest absolute Gasteiger partial charge is 0.213 e. The van der Waals surface area contributed by atoms with Crippen LogP contribution in [0.2, 0.25) is 0 Å². The van der Waals surface area contributed by atoms with Gasteiger partial charge in [-0.3, -0.25) is 4.99 Å². The Hall–Kier alpha value is -1.24. The molecule has 1 aromatic carbocycles. The minimum absolute atomic E-state index is 0.521. The second-order valence-corrected chi connectivity index (χ2v) is 5.06. The Morgan fingerprint density at radius 1 is 1.35 bits per heavy atom. The lowest BCUT2D eigenvalue weighted by atomic mass is 10.1. The first kappa shape index (κ1) is 15.2. The highest BCUT2D eigenvalue weighted by atomic mass is 32.2. The van der Waals surface area contributed by atoms with Crippen molar-refractivity contribution in [3.05, 3.63) is 29.8 Å². The molecule has 1 aliphatic rings. The molecule has 0 aromatic heterocycles. The number of methoxy groups -OCH3 is 1. The Balaban J connectivity index is 2.16. The van der Waals surface area contributed by atoms with E-state index in [9.17, 15) is 0 Å². The molecule has 0 amide bonds. The van der Waals surface area contributed by atoms with Gasteiger partial charge in [-0.25, -0.2) is 0 Å². The van der Waals surface area contributed by atoms with Gasteiger partial charge in [0.15, 0.2) is 5.17 Å². The Kier molecular flexibility index (Phi) is 5.28. The highest BCUT2D eigenvalue weighted by Crippen LogP contribution is 2.32. The van der Waals surface area contributed by atoms with Crippen LogP contribution in [0.1, 0.15) is 5.56 Å². The fourth-order valence-electron chi connectivity index (χ4n) is 2.10. The zero-order valence-electron chi connectivity index (χ0n) is 12.0. The molecule has 0 saturated carbocycles. The van der Waals surface area contributed by atoms with E-state index >= 15 is 0 Å². The monoisotopic (exact) mass is 296 g/mol. The maximum absolute atomic E-state index is 5.85. The van der Waals surface area contributed by atoms with Crippen LogP contribution in [0.4, 0.5) is 0 Å². The molecule has 0 atom stereocenters. The predicted molar refractivity (Wildman–Crippen MR) is 81.5 cm³/mol. The fraction of sp³-hybridized carbons (Fsp3) is 0.500. The van der Waals surface area contributed by atoms with Crippen molar-refractivity contribution in [2.45, 2.75) is 5.79 Å². The van der Waals surface area contributed by atoms with Gasteiger partial charge in [-0.2, -0.15) is 0 Å². The average Bonchev–Trinajstić information content (AvgIpc) is 2.98. The Bertz CT molecular complexity index is 456. The van der Waals surface area contributed by atoms with Gasteiger partial charge in [0.1, 0.15) is 5.75 Å². The van der Waals surface area contributed by atoms with Gasteiger partial charge in [-0.1, -0.05) is 11.8 Å². The summed E-state index contributed by atoms with van der Waals surface area (Å²) in [5.41, 5.74) is 0.972. The van der Waals surface area contributed by atoms with Crippen LogP contribution in [0.5, 0.6) is 5.75 Å². The van der Waals surface area contributed by atoms with E-state index in [0.717, 1.165) is 16.5 Å². The summed E-state index contributed by atoms with van der Waals surface area (Å²) in [4.78, 5) is 4.16. The summed E-state index contributed by atoms with van der Waals surface area (Å²) >= 11 is 1.56. The standard InChI is InChI=1S/C14H20N2O3S/c1-15-13(20-3)16-10-14(18-8-9-19-14)11-4-6-12(17-2)7-5-11/h4-7H,8-10H2,1-3H3,(H,15,16). The molecular weight excluding hydrogens is 276 g/mol. The maximum atomic E-state index is 5.85. The predicted octanol–water partition coefficient (Wildman–Crippen LogP) is 1.83. The lowest BCUT2D eigenvalue weighted by molar-refractivity contribution is -0.159. The number of hydrogen-bond donors (Lipinski definition) is 1. The first-order valence-corrected chi connectivity index (χ1v) is 7.63. The molecule has 5 nitrogen and oxygen atoms in total. The molecule has 6 heteroatoms. The lowest BCUT2D eigenvalue weighted by Crippen LogP contribution is -2.41. The molecule has 0 aliphatic carbocycles. The third-order valence-corrected chi connectivity index (χ3v) is 3.87. The summed E-state index contributed by atoms with van der Waals surface area (Å²) in [5, 5.41) is 4.12. The fourth-order valence-corrected chi connectivity index (χ4v) is 2.50. The Labute approximate surface area is 123 Å². The van der Waals surface area contributed by atoms with Crippen molar-refractivity contribution < 1.29 is 14.2 Å². The number of nitrogens with one attached hydrogen (secondary N) is 1. The van der Waals surface area contributed by atoms with Crippen molar-refractivity contribution in [1.29, 1.82) is 0 Å². The first-order chi connectivity index (χ1) is 9.74. The quantitative estimate of drug-likeness (QED) is 0.678. The highest BCUT2D eigenvalue weighted by molar-refractivity contribution is 8.13. The number of thioether (sulfide) groups is 1. The molecule has 1 aromatic rings. The third kappa shape index (κ3) is 3.26. The number of rotatable bonds is 4. The summed E-state index contributed by atoms with van der Waals surface area (Å²) in [5.74, 6) is 0.0626. The van der Waals surface area contributed by atoms with E-state index in [0.29, 0.717) is 19.8 Å². The number of hydrogen-bond acceptors (Lipinski definition) is 5. The second-order valence-electron chi connectivity index (χ2n) is 4.26. The molecule has 1 fully saturated rings. The number of nitrogens with zero attached hydrogens (tertiary/aromatic N) is 1. The number of amidine groups is 1. The van der Waals surface area contributed by atoms with Crippen LogP contribution in [0.3, 0.4) is 0 Å². The summed E-state index contributed by atoms with van der Waals surface area (Å²) in [6, 6.07) is 7.75. The molecule has 1 saturated heterocycles. The Morgan fingerprint density at radius 2 is 2.00 bits per heavy atom. The lowest BCUT2D eigenvalue weighted by Gasteiger charge is -2.28. The molecular formula is C14H20N2O3S. The summed E-state index contributed by atoms with van der Waals surface area (Å²) in [6.45, 7) is 1.70. The average molecular weight is 296 g/mol. The van der Waals surface area contributed by atoms with Crippen molar-refractivity contribution in [1.82, 2.24) is 5.32 Å². The van der Waals surface area contributed by atoms with Crippen molar-refractivity contribution in [2.24, 2.45) is 4.99 Å². The molecule has 0 unspecified atom stereocenters. The van der Waals surface area contributed by atoms with E-state index in [4.69, 9.17) is 14.2 Å². The molecule has 0 bridgehead atoms. The molecule has 0 radical (unpaired) electrons. The van der Waals surface area contributed by atoms with Gasteiger partial charge in [0.25, 0.3) is 0 Å². The van der Waals surface area contributed by atoms with Gasteiger partial charge >= 0.3 is 0 Å². The molecule has 1 heterocycles. The minimum atomic E-state index is -0.752. The van der Waals surface area contributed by atoms with E-state index < -0.39 is 5.79 Å². The summed E-state index contributed by atoms with van der Waals surface area (Å²) in [7, 11) is 3.41. The van der Waals surface area contributed by atoms with Crippen LogP contribution >= 0.6 is 11.8 Å². The van der Waals surface area contributed by atoms with Gasteiger partial charge in [0.05, 0.1) is 26.9 Å². The van der Waals surface area contributed by atoms with E-state index in [1.165, 1.54) is 0 Å². The number of benzene rings is 1. The molecule has 0 spiro atoms. The first-order valence-electron chi connectivity index (χ1n) is 6.41. The van der Waals surface area contributed by atoms with Crippen LogP contribution in [-0.4, -0.2) is 45.3 Å². The number of aliphatic imine (C=N–C) groups is 1. The van der Waals surface area contributed by atoms with E-state index in [1.54, 1.807) is 25.9 Å². The van der Waals surface area contributed by atoms with Gasteiger partial charge in [-0.15, -0.1) is 0 Å². The minimum Gasteiger partial charge on any atom is -0.497 e. The van der Waals surface area contributed by atoms with Crippen molar-refractivity contribution in [2.75, 3.05) is 40.2 Å². The summed E-state index contributed by atoms with van der Waals surface area (Å²) in [6.07, 6.45) is 1.98. The molecule has 110 valence electrons. The Morgan fingerprint density at radius 3 is 2.50 bits per heavy atom. The topological polar surface area (TPSA) is 52.1 Å². The van der Waals surface area contributed by atoms with Crippen LogP contribution in [0, 0.1) is 0 Å². The SMILES string of the molecule is CN=C(NCC1(c2ccc(OC)cc2)OCCO1)SC. The largest absolute Gasteiger partial charge is 0.497 e. The second kappa shape index (κ2) is 6.97.